The molecule has 1 aromatic heterocycles. The number of hydrogen-bond donors (Lipinski definition) is 1. The van der Waals surface area contributed by atoms with Crippen LogP contribution in [-0.4, -0.2) is 42.0 Å². The Kier molecular flexibility index (Phi) is 4.25. The van der Waals surface area contributed by atoms with Crippen LogP contribution in [0.25, 0.3) is 0 Å². The van der Waals surface area contributed by atoms with E-state index in [-0.39, 0.29) is 5.91 Å². The summed E-state index contributed by atoms with van der Waals surface area (Å²) in [6.07, 6.45) is 1.79. The Morgan fingerprint density at radius 3 is 2.55 bits per heavy atom. The Hall–Kier alpha value is -1.75. The van der Waals surface area contributed by atoms with Gasteiger partial charge < -0.3 is 14.8 Å². The molecule has 3 rings (SSSR count). The number of anilines is 1. The highest BCUT2D eigenvalue weighted by molar-refractivity contribution is 9.10. The fourth-order valence-electron chi connectivity index (χ4n) is 2.89. The average molecular weight is 362 g/mol. The number of nitrogens with zero attached hydrogens (tertiary/aromatic N) is 2. The second-order valence-corrected chi connectivity index (χ2v) is 6.65. The number of rotatable bonds is 2. The Balaban J connectivity index is 1.67. The normalized spacial score (nSPS) is 15.2. The SMILES string of the molecule is Cc1cccc(N2CCN(C(=O)c3cc(Br)c[nH]3)CC2)c1C. The topological polar surface area (TPSA) is 39.3 Å². The largest absolute Gasteiger partial charge is 0.368 e. The van der Waals surface area contributed by atoms with Gasteiger partial charge in [-0.2, -0.15) is 0 Å². The van der Waals surface area contributed by atoms with Gasteiger partial charge in [-0.05, 0) is 53.0 Å². The maximum absolute atomic E-state index is 12.4. The van der Waals surface area contributed by atoms with Crippen LogP contribution in [0.1, 0.15) is 21.6 Å². The molecule has 0 radical (unpaired) electrons. The molecule has 116 valence electrons. The molecule has 0 bridgehead atoms. The lowest BCUT2D eigenvalue weighted by atomic mass is 10.1. The predicted octanol–water partition coefficient (Wildman–Crippen LogP) is 3.36. The van der Waals surface area contributed by atoms with E-state index in [2.05, 4.69) is 57.9 Å². The number of nitrogens with one attached hydrogen (secondary N) is 1. The molecule has 0 aliphatic carbocycles. The first-order valence-corrected chi connectivity index (χ1v) is 8.30. The summed E-state index contributed by atoms with van der Waals surface area (Å²) in [5, 5.41) is 0. The molecule has 2 aromatic rings. The Labute approximate surface area is 139 Å². The van der Waals surface area contributed by atoms with Crippen molar-refractivity contribution in [3.63, 3.8) is 0 Å². The zero-order chi connectivity index (χ0) is 15.7. The van der Waals surface area contributed by atoms with Gasteiger partial charge >= 0.3 is 0 Å². The van der Waals surface area contributed by atoms with Crippen molar-refractivity contribution < 1.29 is 4.79 Å². The molecule has 1 aliphatic heterocycles. The van der Waals surface area contributed by atoms with Crippen LogP contribution in [-0.2, 0) is 0 Å². The maximum Gasteiger partial charge on any atom is 0.270 e. The number of hydrogen-bond acceptors (Lipinski definition) is 2. The first kappa shape index (κ1) is 15.2. The van der Waals surface area contributed by atoms with Crippen LogP contribution < -0.4 is 4.90 Å². The lowest BCUT2D eigenvalue weighted by Gasteiger charge is -2.36. The molecule has 4 nitrogen and oxygen atoms in total. The molecule has 2 heterocycles. The second kappa shape index (κ2) is 6.16. The van der Waals surface area contributed by atoms with E-state index in [1.165, 1.54) is 16.8 Å². The van der Waals surface area contributed by atoms with Gasteiger partial charge in [0.1, 0.15) is 5.69 Å². The first-order chi connectivity index (χ1) is 10.6. The number of carbonyl (C=O) groups excluding carboxylic acids is 1. The maximum atomic E-state index is 12.4. The average Bonchev–Trinajstić information content (AvgIpc) is 2.96. The van der Waals surface area contributed by atoms with Gasteiger partial charge in [-0.1, -0.05) is 12.1 Å². The lowest BCUT2D eigenvalue weighted by Crippen LogP contribution is -2.49. The Morgan fingerprint density at radius 1 is 1.18 bits per heavy atom. The third-order valence-corrected chi connectivity index (χ3v) is 4.82. The number of aryl methyl sites for hydroxylation is 1. The summed E-state index contributed by atoms with van der Waals surface area (Å²) in [5.74, 6) is 0.0753. The van der Waals surface area contributed by atoms with Crippen LogP contribution in [0.15, 0.2) is 34.9 Å². The lowest BCUT2D eigenvalue weighted by molar-refractivity contribution is 0.0741. The van der Waals surface area contributed by atoms with Crippen molar-refractivity contribution >= 4 is 27.5 Å². The number of carbonyl (C=O) groups is 1. The minimum absolute atomic E-state index is 0.0753. The Morgan fingerprint density at radius 2 is 1.91 bits per heavy atom. The molecule has 0 atom stereocenters. The van der Waals surface area contributed by atoms with Crippen LogP contribution in [0.3, 0.4) is 0 Å². The zero-order valence-corrected chi connectivity index (χ0v) is 14.5. The number of amides is 1. The van der Waals surface area contributed by atoms with Gasteiger partial charge in [0, 0.05) is 42.5 Å². The fraction of sp³-hybridized carbons (Fsp3) is 0.353. The molecule has 22 heavy (non-hydrogen) atoms. The van der Waals surface area contributed by atoms with Gasteiger partial charge in [0.15, 0.2) is 0 Å². The smallest absolute Gasteiger partial charge is 0.270 e. The predicted molar refractivity (Wildman–Crippen MR) is 92.5 cm³/mol. The van der Waals surface area contributed by atoms with Crippen molar-refractivity contribution in [2.75, 3.05) is 31.1 Å². The number of aromatic amines is 1. The van der Waals surface area contributed by atoms with E-state index >= 15 is 0 Å². The van der Waals surface area contributed by atoms with E-state index in [0.29, 0.717) is 5.69 Å². The van der Waals surface area contributed by atoms with E-state index in [1.54, 1.807) is 6.20 Å². The number of piperazine rings is 1. The molecular formula is C17H20BrN3O. The highest BCUT2D eigenvalue weighted by Crippen LogP contribution is 2.24. The standard InChI is InChI=1S/C17H20BrN3O/c1-12-4-3-5-16(13(12)2)20-6-8-21(9-7-20)17(22)15-10-14(18)11-19-15/h3-5,10-11,19H,6-9H2,1-2H3. The molecule has 0 unspecified atom stereocenters. The quantitative estimate of drug-likeness (QED) is 0.890. The van der Waals surface area contributed by atoms with Crippen molar-refractivity contribution in [3.05, 3.63) is 51.8 Å². The van der Waals surface area contributed by atoms with E-state index in [9.17, 15) is 4.79 Å². The van der Waals surface area contributed by atoms with Crippen molar-refractivity contribution in [2.45, 2.75) is 13.8 Å². The van der Waals surface area contributed by atoms with Gasteiger partial charge in [-0.25, -0.2) is 0 Å². The number of benzene rings is 1. The summed E-state index contributed by atoms with van der Waals surface area (Å²) in [6, 6.07) is 8.24. The zero-order valence-electron chi connectivity index (χ0n) is 12.9. The van der Waals surface area contributed by atoms with Crippen LogP contribution in [0.4, 0.5) is 5.69 Å². The van der Waals surface area contributed by atoms with Gasteiger partial charge in [0.05, 0.1) is 0 Å². The minimum Gasteiger partial charge on any atom is -0.368 e. The van der Waals surface area contributed by atoms with Gasteiger partial charge in [0.25, 0.3) is 5.91 Å². The van der Waals surface area contributed by atoms with Crippen LogP contribution in [0.5, 0.6) is 0 Å². The van der Waals surface area contributed by atoms with Crippen LogP contribution in [0.2, 0.25) is 0 Å². The highest BCUT2D eigenvalue weighted by Gasteiger charge is 2.23. The highest BCUT2D eigenvalue weighted by atomic mass is 79.9. The molecule has 0 spiro atoms. The third kappa shape index (κ3) is 2.90. The summed E-state index contributed by atoms with van der Waals surface area (Å²) in [4.78, 5) is 19.7. The van der Waals surface area contributed by atoms with Gasteiger partial charge in [0.2, 0.25) is 0 Å². The van der Waals surface area contributed by atoms with E-state index < -0.39 is 0 Å². The molecular weight excluding hydrogens is 342 g/mol. The van der Waals surface area contributed by atoms with Gasteiger partial charge in [-0.3, -0.25) is 4.79 Å². The van der Waals surface area contributed by atoms with E-state index in [0.717, 1.165) is 30.7 Å². The van der Waals surface area contributed by atoms with Crippen molar-refractivity contribution in [1.82, 2.24) is 9.88 Å². The van der Waals surface area contributed by atoms with Crippen molar-refractivity contribution in [2.24, 2.45) is 0 Å². The summed E-state index contributed by atoms with van der Waals surface area (Å²) in [6.45, 7) is 7.56. The van der Waals surface area contributed by atoms with Crippen molar-refractivity contribution in [1.29, 1.82) is 0 Å². The molecule has 1 amide bonds. The summed E-state index contributed by atoms with van der Waals surface area (Å²) >= 11 is 3.37. The summed E-state index contributed by atoms with van der Waals surface area (Å²) in [7, 11) is 0. The molecule has 5 heteroatoms. The molecule has 1 saturated heterocycles. The monoisotopic (exact) mass is 361 g/mol. The van der Waals surface area contributed by atoms with E-state index in [4.69, 9.17) is 0 Å². The summed E-state index contributed by atoms with van der Waals surface area (Å²) < 4.78 is 0.907. The van der Waals surface area contributed by atoms with Crippen LogP contribution in [0, 0.1) is 13.8 Å². The second-order valence-electron chi connectivity index (χ2n) is 5.73. The fourth-order valence-corrected chi connectivity index (χ4v) is 3.23. The van der Waals surface area contributed by atoms with Crippen molar-refractivity contribution in [3.8, 4) is 0 Å². The van der Waals surface area contributed by atoms with Crippen LogP contribution >= 0.6 is 15.9 Å². The minimum atomic E-state index is 0.0753. The molecule has 1 aliphatic rings. The first-order valence-electron chi connectivity index (χ1n) is 7.50. The number of H-pyrrole nitrogens is 1. The molecule has 0 saturated carbocycles. The molecule has 1 fully saturated rings. The molecule has 1 N–H and O–H groups in total. The number of halogens is 1. The summed E-state index contributed by atoms with van der Waals surface area (Å²) in [5.41, 5.74) is 4.57. The molecule has 1 aromatic carbocycles. The third-order valence-electron chi connectivity index (χ3n) is 4.36. The Bertz CT molecular complexity index is 687. The van der Waals surface area contributed by atoms with E-state index in [1.807, 2.05) is 11.0 Å². The number of aromatic nitrogens is 1. The van der Waals surface area contributed by atoms with Gasteiger partial charge in [-0.15, -0.1) is 0 Å².